The molecule has 2 saturated heterocycles. The number of likely N-dealkylation sites (tertiary alicyclic amines) is 2. The monoisotopic (exact) mass is 794 g/mol. The number of aromatic amines is 2. The second-order valence-electron chi connectivity index (χ2n) is 15.4. The number of rotatable bonds is 11. The predicted molar refractivity (Wildman–Crippen MR) is 218 cm³/mol. The van der Waals surface area contributed by atoms with Gasteiger partial charge in [0.15, 0.2) is 0 Å². The predicted octanol–water partition coefficient (Wildman–Crippen LogP) is 7.44. The van der Waals surface area contributed by atoms with Crippen molar-refractivity contribution in [3.05, 3.63) is 72.6 Å². The van der Waals surface area contributed by atoms with Crippen LogP contribution in [0.3, 0.4) is 0 Å². The Kier molecular flexibility index (Phi) is 11.7. The van der Waals surface area contributed by atoms with Crippen LogP contribution in [0.5, 0.6) is 0 Å². The molecule has 0 radical (unpaired) electrons. The van der Waals surface area contributed by atoms with Crippen molar-refractivity contribution in [3.8, 4) is 33.0 Å². The zero-order chi connectivity index (χ0) is 40.4. The first kappa shape index (κ1) is 39.5. The van der Waals surface area contributed by atoms with Crippen molar-refractivity contribution in [2.45, 2.75) is 77.5 Å². The number of carbonyl (C=O) groups is 4. The average Bonchev–Trinajstić information content (AvgIpc) is 4.06. The van der Waals surface area contributed by atoms with Gasteiger partial charge in [0.2, 0.25) is 11.8 Å². The highest BCUT2D eigenvalue weighted by Crippen LogP contribution is 2.38. The Bertz CT molecular complexity index is 2240. The normalized spacial score (nSPS) is 18.0. The number of nitrogens with one attached hydrogen (secondary N) is 4. The molecule has 4 unspecified atom stereocenters. The molecule has 5 aromatic rings. The topological polar surface area (TPSA) is 175 Å². The van der Waals surface area contributed by atoms with Crippen LogP contribution in [0.2, 0.25) is 0 Å². The first-order chi connectivity index (χ1) is 27.4. The number of thiophene rings is 1. The summed E-state index contributed by atoms with van der Waals surface area (Å²) in [4.78, 5) is 72.2. The van der Waals surface area contributed by atoms with Gasteiger partial charge in [-0.05, 0) is 66.2 Å². The molecular weight excluding hydrogens is 745 g/mol. The third-order valence-electron chi connectivity index (χ3n) is 11.0. The van der Waals surface area contributed by atoms with Crippen LogP contribution in [-0.4, -0.2) is 93.1 Å². The lowest BCUT2D eigenvalue weighted by Gasteiger charge is -2.30. The molecule has 57 heavy (non-hydrogen) atoms. The molecule has 15 heteroatoms. The molecule has 7 rings (SSSR count). The summed E-state index contributed by atoms with van der Waals surface area (Å²) in [6, 6.07) is 15.2. The fourth-order valence-corrected chi connectivity index (χ4v) is 8.95. The van der Waals surface area contributed by atoms with Gasteiger partial charge >= 0.3 is 12.2 Å². The van der Waals surface area contributed by atoms with Crippen molar-refractivity contribution in [1.82, 2.24) is 40.4 Å². The van der Waals surface area contributed by atoms with E-state index in [1.165, 1.54) is 14.2 Å². The molecule has 2 fully saturated rings. The van der Waals surface area contributed by atoms with Crippen LogP contribution in [0, 0.1) is 11.8 Å². The number of carbonyl (C=O) groups excluding carboxylic acids is 4. The number of nitrogens with zero attached hydrogens (tertiary/aromatic N) is 4. The fourth-order valence-electron chi connectivity index (χ4n) is 7.85. The van der Waals surface area contributed by atoms with Crippen molar-refractivity contribution in [3.63, 3.8) is 0 Å². The van der Waals surface area contributed by atoms with E-state index in [-0.39, 0.29) is 35.7 Å². The van der Waals surface area contributed by atoms with Gasteiger partial charge in [-0.2, -0.15) is 0 Å². The Morgan fingerprint density at radius 2 is 1.18 bits per heavy atom. The van der Waals surface area contributed by atoms with Crippen LogP contribution in [0.15, 0.2) is 60.9 Å². The summed E-state index contributed by atoms with van der Waals surface area (Å²) in [5, 5.41) is 6.55. The lowest BCUT2D eigenvalue weighted by atomic mass is 10.0. The second kappa shape index (κ2) is 16.8. The minimum atomic E-state index is -0.688. The van der Waals surface area contributed by atoms with E-state index >= 15 is 0 Å². The second-order valence-corrected chi connectivity index (χ2v) is 16.5. The van der Waals surface area contributed by atoms with Crippen molar-refractivity contribution >= 4 is 45.4 Å². The molecule has 5 heterocycles. The van der Waals surface area contributed by atoms with Crippen LogP contribution in [0.25, 0.3) is 43.0 Å². The Balaban J connectivity index is 1.03. The van der Waals surface area contributed by atoms with Crippen LogP contribution in [0.1, 0.15) is 77.1 Å². The summed E-state index contributed by atoms with van der Waals surface area (Å²) in [5.74, 6) is 0.976. The molecular formula is C42H50N8O6S. The number of methoxy groups -OCH3 is 2. The smallest absolute Gasteiger partial charge is 0.407 e. The number of ether oxygens (including phenoxy) is 2. The van der Waals surface area contributed by atoms with Crippen molar-refractivity contribution < 1.29 is 28.7 Å². The maximum Gasteiger partial charge on any atom is 0.407 e. The van der Waals surface area contributed by atoms with E-state index in [0.717, 1.165) is 80.4 Å². The van der Waals surface area contributed by atoms with E-state index < -0.39 is 24.3 Å². The number of hydrogen-bond donors (Lipinski definition) is 4. The molecule has 4 atom stereocenters. The number of amides is 4. The summed E-state index contributed by atoms with van der Waals surface area (Å²) in [7, 11) is 2.58. The Hall–Kier alpha value is -5.70. The zero-order valence-electron chi connectivity index (χ0n) is 33.1. The minimum absolute atomic E-state index is 0.104. The van der Waals surface area contributed by atoms with E-state index in [2.05, 4.69) is 74.1 Å². The molecule has 0 bridgehead atoms. The third kappa shape index (κ3) is 8.24. The van der Waals surface area contributed by atoms with Crippen molar-refractivity contribution in [2.24, 2.45) is 11.8 Å². The molecule has 3 aromatic heterocycles. The molecule has 4 N–H and O–H groups in total. The number of aromatic nitrogens is 4. The number of benzene rings is 2. The van der Waals surface area contributed by atoms with Crippen molar-refractivity contribution in [1.29, 1.82) is 0 Å². The molecule has 2 aromatic carbocycles. The van der Waals surface area contributed by atoms with Crippen LogP contribution < -0.4 is 10.6 Å². The van der Waals surface area contributed by atoms with E-state index in [1.54, 1.807) is 11.3 Å². The van der Waals surface area contributed by atoms with Gasteiger partial charge in [0.1, 0.15) is 23.7 Å². The Morgan fingerprint density at radius 1 is 0.702 bits per heavy atom. The summed E-state index contributed by atoms with van der Waals surface area (Å²) in [6.07, 6.45) is 5.66. The molecule has 2 aliphatic heterocycles. The summed E-state index contributed by atoms with van der Waals surface area (Å²) >= 11 is 1.72. The van der Waals surface area contributed by atoms with Crippen molar-refractivity contribution in [2.75, 3.05) is 27.3 Å². The zero-order valence-corrected chi connectivity index (χ0v) is 33.9. The SMILES string of the molecule is COC(=O)NC(C(=O)N1CCCC1c1ncc(-c2ccc(-c3cc4ccc(-c5cnc(C6CCCN6C(=O)C(NC(=O)OC)C(C)C)[nH]5)cc4s3)cc2)[nH]1)C(C)C. The molecule has 0 aliphatic carbocycles. The van der Waals surface area contributed by atoms with E-state index in [4.69, 9.17) is 14.5 Å². The maximum absolute atomic E-state index is 13.6. The summed E-state index contributed by atoms with van der Waals surface area (Å²) in [6.45, 7) is 8.81. The quantitative estimate of drug-likeness (QED) is 0.107. The van der Waals surface area contributed by atoms with Gasteiger partial charge in [-0.3, -0.25) is 9.59 Å². The molecule has 0 spiro atoms. The molecule has 14 nitrogen and oxygen atoms in total. The van der Waals surface area contributed by atoms with E-state index in [0.29, 0.717) is 13.1 Å². The largest absolute Gasteiger partial charge is 0.453 e. The lowest BCUT2D eigenvalue weighted by molar-refractivity contribution is -0.136. The number of alkyl carbamates (subject to hydrolysis) is 2. The molecule has 300 valence electrons. The number of H-pyrrole nitrogens is 2. The lowest BCUT2D eigenvalue weighted by Crippen LogP contribution is -2.51. The summed E-state index contributed by atoms with van der Waals surface area (Å²) in [5.41, 5.74) is 4.83. The van der Waals surface area contributed by atoms with Crippen LogP contribution in [-0.2, 0) is 19.1 Å². The molecule has 2 aliphatic rings. The fraction of sp³-hybridized carbons (Fsp3) is 0.429. The first-order valence-corrected chi connectivity index (χ1v) is 20.3. The van der Waals surface area contributed by atoms with Gasteiger partial charge in [-0.15, -0.1) is 11.3 Å². The average molecular weight is 795 g/mol. The van der Waals surface area contributed by atoms with Gasteiger partial charge in [0.05, 0.1) is 50.1 Å². The van der Waals surface area contributed by atoms with E-state index in [1.807, 2.05) is 49.9 Å². The minimum Gasteiger partial charge on any atom is -0.453 e. The highest BCUT2D eigenvalue weighted by molar-refractivity contribution is 7.22. The van der Waals surface area contributed by atoms with Crippen LogP contribution >= 0.6 is 11.3 Å². The Morgan fingerprint density at radius 3 is 1.67 bits per heavy atom. The van der Waals surface area contributed by atoms with Gasteiger partial charge in [-0.1, -0.05) is 64.1 Å². The first-order valence-electron chi connectivity index (χ1n) is 19.5. The molecule has 4 amide bonds. The summed E-state index contributed by atoms with van der Waals surface area (Å²) < 4.78 is 10.7. The highest BCUT2D eigenvalue weighted by Gasteiger charge is 2.39. The third-order valence-corrected chi connectivity index (χ3v) is 12.1. The molecule has 0 saturated carbocycles. The van der Waals surface area contributed by atoms with Crippen LogP contribution in [0.4, 0.5) is 9.59 Å². The Labute approximate surface area is 335 Å². The van der Waals surface area contributed by atoms with Gasteiger partial charge < -0.3 is 39.9 Å². The van der Waals surface area contributed by atoms with E-state index in [9.17, 15) is 19.2 Å². The number of fused-ring (bicyclic) bond motifs is 1. The van der Waals surface area contributed by atoms with Gasteiger partial charge in [0.25, 0.3) is 0 Å². The number of imidazole rings is 2. The highest BCUT2D eigenvalue weighted by atomic mass is 32.1. The van der Waals surface area contributed by atoms with Gasteiger partial charge in [0, 0.05) is 28.2 Å². The van der Waals surface area contributed by atoms with Gasteiger partial charge in [-0.25, -0.2) is 19.6 Å². The standard InChI is InChI=1S/C42H50N8O6S/c1-23(2)35(47-41(53)55-5)39(51)49-17-7-9-31(49)37-43-21-29(45-37)25-11-13-26(14-12-25)33-20-28-16-15-27(19-34(28)57-33)30-22-44-38(46-30)32-10-8-18-50(32)40(52)36(24(3)4)48-42(54)56-6/h11-16,19-24,31-32,35-36H,7-10,17-18H2,1-6H3,(H,43,45)(H,44,46)(H,47,53)(H,48,54). The maximum atomic E-state index is 13.6. The number of hydrogen-bond acceptors (Lipinski definition) is 9.